The highest BCUT2D eigenvalue weighted by Gasteiger charge is 2.12. The first kappa shape index (κ1) is 14.4. The topological polar surface area (TPSA) is 63.2 Å². The summed E-state index contributed by atoms with van der Waals surface area (Å²) in [5, 5.41) is 3.54. The van der Waals surface area contributed by atoms with Crippen molar-refractivity contribution in [2.75, 3.05) is 0 Å². The van der Waals surface area contributed by atoms with E-state index in [2.05, 4.69) is 5.32 Å². The van der Waals surface area contributed by atoms with E-state index < -0.39 is 9.84 Å². The molecule has 0 radical (unpaired) electrons. The van der Waals surface area contributed by atoms with Gasteiger partial charge in [0.05, 0.1) is 10.3 Å². The number of hydrogen-bond acceptors (Lipinski definition) is 3. The van der Waals surface area contributed by atoms with E-state index in [1.54, 1.807) is 24.3 Å². The van der Waals surface area contributed by atoms with Crippen molar-refractivity contribution in [1.82, 2.24) is 5.32 Å². The van der Waals surface area contributed by atoms with Crippen LogP contribution >= 0.6 is 0 Å². The van der Waals surface area contributed by atoms with Crippen LogP contribution in [0.4, 0.5) is 0 Å². The van der Waals surface area contributed by atoms with Gasteiger partial charge in [0, 0.05) is 5.70 Å². The summed E-state index contributed by atoms with van der Waals surface area (Å²) < 4.78 is 24.1. The Morgan fingerprint density at radius 2 is 1.89 bits per heavy atom. The first-order valence-electron chi connectivity index (χ1n) is 5.72. The van der Waals surface area contributed by atoms with E-state index in [9.17, 15) is 13.2 Å². The van der Waals surface area contributed by atoms with Gasteiger partial charge in [0.25, 0.3) is 0 Å². The van der Waals surface area contributed by atoms with Crippen LogP contribution in [0.25, 0.3) is 0 Å². The summed E-state index contributed by atoms with van der Waals surface area (Å²) in [4.78, 5) is 10.6. The van der Waals surface area contributed by atoms with Crippen LogP contribution < -0.4 is 5.32 Å². The van der Waals surface area contributed by atoms with Gasteiger partial charge in [-0.05, 0) is 25.5 Å². The zero-order chi connectivity index (χ0) is 13.6. The fraction of sp³-hybridized carbons (Fsp3) is 0.308. The van der Waals surface area contributed by atoms with E-state index in [0.717, 1.165) is 17.4 Å². The van der Waals surface area contributed by atoms with Crippen LogP contribution in [0.15, 0.2) is 40.3 Å². The molecule has 1 aromatic rings. The van der Waals surface area contributed by atoms with Crippen molar-refractivity contribution in [3.63, 3.8) is 0 Å². The maximum atomic E-state index is 12.1. The third kappa shape index (κ3) is 4.00. The minimum absolute atomic E-state index is 0.231. The Hall–Kier alpha value is -1.62. The molecule has 5 heteroatoms. The molecule has 0 aliphatic heterocycles. The average molecular weight is 267 g/mol. The van der Waals surface area contributed by atoms with Gasteiger partial charge in [-0.3, -0.25) is 4.79 Å². The SMILES string of the molecule is CCC/C(=C\S(=O)(=O)c1ccc(C)cc1)NC=O. The average Bonchev–Trinajstić information content (AvgIpc) is 2.29. The van der Waals surface area contributed by atoms with Crippen LogP contribution in [0.1, 0.15) is 25.3 Å². The fourth-order valence-electron chi connectivity index (χ4n) is 1.49. The molecule has 1 N–H and O–H groups in total. The Kier molecular flexibility index (Phi) is 5.09. The number of rotatable bonds is 6. The van der Waals surface area contributed by atoms with Crippen LogP contribution in [-0.2, 0) is 14.6 Å². The number of hydrogen-bond donors (Lipinski definition) is 1. The van der Waals surface area contributed by atoms with Crippen molar-refractivity contribution in [3.8, 4) is 0 Å². The summed E-state index contributed by atoms with van der Waals surface area (Å²) in [6.07, 6.45) is 1.77. The summed E-state index contributed by atoms with van der Waals surface area (Å²) in [7, 11) is -3.50. The lowest BCUT2D eigenvalue weighted by Crippen LogP contribution is -2.12. The largest absolute Gasteiger partial charge is 0.332 e. The molecular formula is C13H17NO3S. The summed E-state index contributed by atoms with van der Waals surface area (Å²) in [5.74, 6) is 0. The predicted molar refractivity (Wildman–Crippen MR) is 70.6 cm³/mol. The van der Waals surface area contributed by atoms with E-state index in [1.165, 1.54) is 0 Å². The molecule has 0 aliphatic rings. The molecule has 4 nitrogen and oxygen atoms in total. The molecule has 0 fully saturated rings. The molecule has 1 amide bonds. The number of amides is 1. The van der Waals surface area contributed by atoms with Crippen LogP contribution in [0.5, 0.6) is 0 Å². The van der Waals surface area contributed by atoms with Gasteiger partial charge in [0.2, 0.25) is 16.2 Å². The monoisotopic (exact) mass is 267 g/mol. The zero-order valence-electron chi connectivity index (χ0n) is 10.5. The number of benzene rings is 1. The molecule has 0 saturated carbocycles. The minimum Gasteiger partial charge on any atom is -0.332 e. The Bertz CT molecular complexity index is 530. The van der Waals surface area contributed by atoms with Gasteiger partial charge >= 0.3 is 0 Å². The van der Waals surface area contributed by atoms with E-state index in [0.29, 0.717) is 18.5 Å². The summed E-state index contributed by atoms with van der Waals surface area (Å²) in [5.41, 5.74) is 1.41. The molecule has 0 heterocycles. The third-order valence-electron chi connectivity index (χ3n) is 2.41. The van der Waals surface area contributed by atoms with E-state index >= 15 is 0 Å². The Balaban J connectivity index is 3.08. The van der Waals surface area contributed by atoms with Gasteiger partial charge in [-0.1, -0.05) is 31.0 Å². The second-order valence-electron chi connectivity index (χ2n) is 4.01. The summed E-state index contributed by atoms with van der Waals surface area (Å²) in [6, 6.07) is 6.61. The van der Waals surface area contributed by atoms with Gasteiger partial charge in [-0.25, -0.2) is 8.42 Å². The molecule has 1 aromatic carbocycles. The maximum absolute atomic E-state index is 12.1. The highest BCUT2D eigenvalue weighted by atomic mass is 32.2. The Labute approximate surface area is 108 Å². The predicted octanol–water partition coefficient (Wildman–Crippen LogP) is 2.16. The normalized spacial score (nSPS) is 12.2. The molecule has 0 atom stereocenters. The van der Waals surface area contributed by atoms with Crippen LogP contribution in [0.3, 0.4) is 0 Å². The number of sulfone groups is 1. The van der Waals surface area contributed by atoms with Crippen molar-refractivity contribution >= 4 is 16.2 Å². The van der Waals surface area contributed by atoms with E-state index in [1.807, 2.05) is 13.8 Å². The molecule has 0 saturated heterocycles. The fourth-order valence-corrected chi connectivity index (χ4v) is 2.71. The van der Waals surface area contributed by atoms with Crippen LogP contribution in [0.2, 0.25) is 0 Å². The lowest BCUT2D eigenvalue weighted by Gasteiger charge is -2.05. The van der Waals surface area contributed by atoms with E-state index in [-0.39, 0.29) is 4.90 Å². The standard InChI is InChI=1S/C13H17NO3S/c1-3-4-12(14-10-15)9-18(16,17)13-7-5-11(2)6-8-13/h5-10H,3-4H2,1-2H3,(H,14,15)/b12-9+. The first-order chi connectivity index (χ1) is 8.49. The van der Waals surface area contributed by atoms with Gasteiger partial charge in [-0.2, -0.15) is 0 Å². The number of carbonyl (C=O) groups excluding carboxylic acids is 1. The molecule has 0 aromatic heterocycles. The van der Waals surface area contributed by atoms with Crippen molar-refractivity contribution < 1.29 is 13.2 Å². The molecule has 18 heavy (non-hydrogen) atoms. The molecule has 98 valence electrons. The van der Waals surface area contributed by atoms with Crippen molar-refractivity contribution in [2.45, 2.75) is 31.6 Å². The lowest BCUT2D eigenvalue weighted by atomic mass is 10.2. The molecule has 0 unspecified atom stereocenters. The lowest BCUT2D eigenvalue weighted by molar-refractivity contribution is -0.108. The van der Waals surface area contributed by atoms with Crippen molar-refractivity contribution in [3.05, 3.63) is 40.9 Å². The second-order valence-corrected chi connectivity index (χ2v) is 5.81. The maximum Gasteiger partial charge on any atom is 0.211 e. The second kappa shape index (κ2) is 6.35. The van der Waals surface area contributed by atoms with Gasteiger partial charge < -0.3 is 5.32 Å². The number of nitrogens with one attached hydrogen (secondary N) is 1. The highest BCUT2D eigenvalue weighted by molar-refractivity contribution is 7.94. The van der Waals surface area contributed by atoms with Gasteiger partial charge in [-0.15, -0.1) is 0 Å². The number of carbonyl (C=O) groups is 1. The zero-order valence-corrected chi connectivity index (χ0v) is 11.3. The van der Waals surface area contributed by atoms with Gasteiger partial charge in [0.15, 0.2) is 0 Å². The van der Waals surface area contributed by atoms with Crippen LogP contribution in [0, 0.1) is 6.92 Å². The summed E-state index contributed by atoms with van der Waals surface area (Å²) in [6.45, 7) is 3.81. The number of aryl methyl sites for hydroxylation is 1. The van der Waals surface area contributed by atoms with Crippen LogP contribution in [-0.4, -0.2) is 14.8 Å². The molecule has 0 aliphatic carbocycles. The first-order valence-corrected chi connectivity index (χ1v) is 7.26. The third-order valence-corrected chi connectivity index (χ3v) is 3.93. The highest BCUT2D eigenvalue weighted by Crippen LogP contribution is 2.15. The summed E-state index contributed by atoms with van der Waals surface area (Å²) >= 11 is 0. The quantitative estimate of drug-likeness (QED) is 0.803. The molecule has 0 bridgehead atoms. The van der Waals surface area contributed by atoms with Crippen molar-refractivity contribution in [1.29, 1.82) is 0 Å². The van der Waals surface area contributed by atoms with Crippen molar-refractivity contribution in [2.24, 2.45) is 0 Å². The molecule has 1 rings (SSSR count). The van der Waals surface area contributed by atoms with E-state index in [4.69, 9.17) is 0 Å². The Morgan fingerprint density at radius 3 is 2.39 bits per heavy atom. The molecule has 0 spiro atoms. The molecular weight excluding hydrogens is 250 g/mol. The smallest absolute Gasteiger partial charge is 0.211 e. The minimum atomic E-state index is -3.50. The Morgan fingerprint density at radius 1 is 1.28 bits per heavy atom. The van der Waals surface area contributed by atoms with Gasteiger partial charge in [0.1, 0.15) is 0 Å². The number of allylic oxidation sites excluding steroid dienone is 1.